The van der Waals surface area contributed by atoms with Crippen molar-refractivity contribution >= 4 is 11.6 Å². The topological polar surface area (TPSA) is 93.6 Å². The number of pyridine rings is 2. The van der Waals surface area contributed by atoms with E-state index < -0.39 is 17.2 Å². The zero-order valence-electron chi connectivity index (χ0n) is 19.0. The number of aromatic nitrogens is 2. The molecule has 1 aromatic carbocycles. The Balaban J connectivity index is 1.64. The summed E-state index contributed by atoms with van der Waals surface area (Å²) in [7, 11) is 1.50. The molecule has 8 heteroatoms. The number of amides is 1. The number of anilines is 1. The highest BCUT2D eigenvalue weighted by Gasteiger charge is 2.41. The molecule has 2 N–H and O–H groups in total. The van der Waals surface area contributed by atoms with Crippen molar-refractivity contribution in [3.8, 4) is 17.0 Å². The smallest absolute Gasteiger partial charge is 0.274 e. The van der Waals surface area contributed by atoms with Gasteiger partial charge in [0.1, 0.15) is 17.0 Å². The van der Waals surface area contributed by atoms with Crippen LogP contribution < -0.4 is 10.1 Å². The molecular weight excluding hydrogens is 425 g/mol. The van der Waals surface area contributed by atoms with Gasteiger partial charge in [0.15, 0.2) is 0 Å². The van der Waals surface area contributed by atoms with Crippen molar-refractivity contribution in [3.63, 3.8) is 0 Å². The van der Waals surface area contributed by atoms with Crippen LogP contribution in [0.1, 0.15) is 41.0 Å². The van der Waals surface area contributed by atoms with Crippen LogP contribution in [0.25, 0.3) is 11.1 Å². The second kappa shape index (κ2) is 8.53. The third-order valence-corrected chi connectivity index (χ3v) is 5.71. The molecule has 4 rings (SSSR count). The van der Waals surface area contributed by atoms with Crippen LogP contribution in [-0.4, -0.2) is 41.3 Å². The second-order valence-corrected chi connectivity index (χ2v) is 8.69. The monoisotopic (exact) mass is 451 g/mol. The minimum Gasteiger partial charge on any atom is -0.481 e. The van der Waals surface area contributed by atoms with Gasteiger partial charge in [-0.2, -0.15) is 0 Å². The summed E-state index contributed by atoms with van der Waals surface area (Å²) < 4.78 is 24.8. The first-order valence-corrected chi connectivity index (χ1v) is 10.5. The van der Waals surface area contributed by atoms with Crippen LogP contribution in [0, 0.1) is 6.92 Å². The van der Waals surface area contributed by atoms with Crippen LogP contribution in [-0.2, 0) is 16.0 Å². The van der Waals surface area contributed by atoms with Crippen molar-refractivity contribution < 1.29 is 23.8 Å². The first-order valence-electron chi connectivity index (χ1n) is 10.5. The molecule has 1 saturated heterocycles. The summed E-state index contributed by atoms with van der Waals surface area (Å²) in [5.74, 6) is -0.0984. The number of nitrogens with one attached hydrogen (secondary N) is 1. The van der Waals surface area contributed by atoms with Crippen LogP contribution >= 0.6 is 0 Å². The van der Waals surface area contributed by atoms with Gasteiger partial charge in [0.2, 0.25) is 5.88 Å². The summed E-state index contributed by atoms with van der Waals surface area (Å²) in [4.78, 5) is 21.2. The van der Waals surface area contributed by atoms with Crippen LogP contribution in [0.3, 0.4) is 0 Å². The van der Waals surface area contributed by atoms with Crippen LogP contribution in [0.15, 0.2) is 48.8 Å². The molecule has 0 unspecified atom stereocenters. The highest BCUT2D eigenvalue weighted by molar-refractivity contribution is 6.03. The number of carbonyl (C=O) groups excluding carboxylic acids is 1. The van der Waals surface area contributed by atoms with Gasteiger partial charge in [-0.15, -0.1) is 0 Å². The zero-order valence-corrected chi connectivity index (χ0v) is 19.0. The number of halogens is 1. The Bertz CT molecular complexity index is 1200. The van der Waals surface area contributed by atoms with Gasteiger partial charge in [-0.1, -0.05) is 6.07 Å². The molecule has 33 heavy (non-hydrogen) atoms. The molecule has 0 spiro atoms. The standard InChI is InChI=1S/C25H26FN3O4/c1-15-5-6-18(29-22(30)21-10-17(7-8-27-21)24(2,3)26)11-19(15)16-9-20(23(32-4)28-12-16)25(31)13-33-14-25/h5-12,31H,13-14H2,1-4H3,(H,29,30). The van der Waals surface area contributed by atoms with Crippen molar-refractivity contribution in [1.29, 1.82) is 0 Å². The predicted octanol–water partition coefficient (Wildman–Crippen LogP) is 4.14. The van der Waals surface area contributed by atoms with Crippen LogP contribution in [0.2, 0.25) is 0 Å². The number of aliphatic hydroxyl groups is 1. The first-order chi connectivity index (χ1) is 15.6. The van der Waals surface area contributed by atoms with Crippen molar-refractivity contribution in [1.82, 2.24) is 9.97 Å². The Morgan fingerprint density at radius 1 is 1.21 bits per heavy atom. The van der Waals surface area contributed by atoms with Gasteiger partial charge in [0.25, 0.3) is 5.91 Å². The predicted molar refractivity (Wildman–Crippen MR) is 122 cm³/mol. The Labute approximate surface area is 191 Å². The van der Waals surface area contributed by atoms with E-state index in [4.69, 9.17) is 9.47 Å². The molecule has 1 aliphatic rings. The molecule has 1 fully saturated rings. The normalized spacial score (nSPS) is 15.0. The molecule has 1 aliphatic heterocycles. The molecule has 2 aromatic heterocycles. The third kappa shape index (κ3) is 4.58. The number of carbonyl (C=O) groups is 1. The van der Waals surface area contributed by atoms with Gasteiger partial charge in [-0.05, 0) is 67.8 Å². The highest BCUT2D eigenvalue weighted by Crippen LogP contribution is 2.38. The van der Waals surface area contributed by atoms with E-state index in [9.17, 15) is 14.3 Å². The van der Waals surface area contributed by atoms with Crippen LogP contribution in [0.5, 0.6) is 5.88 Å². The lowest BCUT2D eigenvalue weighted by Crippen LogP contribution is -2.46. The quantitative estimate of drug-likeness (QED) is 0.585. The molecule has 3 aromatic rings. The minimum atomic E-state index is -1.58. The van der Waals surface area contributed by atoms with Gasteiger partial charge in [-0.3, -0.25) is 9.78 Å². The van der Waals surface area contributed by atoms with E-state index in [1.54, 1.807) is 18.3 Å². The molecule has 0 atom stereocenters. The van der Waals surface area contributed by atoms with E-state index in [2.05, 4.69) is 15.3 Å². The molecule has 0 saturated carbocycles. The van der Waals surface area contributed by atoms with E-state index in [0.29, 0.717) is 22.7 Å². The van der Waals surface area contributed by atoms with Gasteiger partial charge in [0, 0.05) is 23.6 Å². The van der Waals surface area contributed by atoms with E-state index in [-0.39, 0.29) is 18.9 Å². The Morgan fingerprint density at radius 3 is 2.61 bits per heavy atom. The number of nitrogens with zero attached hydrogens (tertiary/aromatic N) is 2. The summed E-state index contributed by atoms with van der Waals surface area (Å²) in [6.45, 7) is 5.15. The molecule has 172 valence electrons. The number of hydrogen-bond donors (Lipinski definition) is 2. The van der Waals surface area contributed by atoms with Gasteiger partial charge >= 0.3 is 0 Å². The molecule has 0 bridgehead atoms. The fraction of sp³-hybridized carbons (Fsp3) is 0.320. The Kier molecular flexibility index (Phi) is 5.90. The SMILES string of the molecule is COc1ncc(-c2cc(NC(=O)c3cc(C(C)(C)F)ccn3)ccc2C)cc1C1(O)COC1. The Hall–Kier alpha value is -3.36. The number of methoxy groups -OCH3 is 1. The van der Waals surface area contributed by atoms with Crippen molar-refractivity contribution in [2.75, 3.05) is 25.6 Å². The maximum Gasteiger partial charge on any atom is 0.274 e. The minimum absolute atomic E-state index is 0.126. The highest BCUT2D eigenvalue weighted by atomic mass is 19.1. The largest absolute Gasteiger partial charge is 0.481 e. The lowest BCUT2D eigenvalue weighted by atomic mass is 9.90. The van der Waals surface area contributed by atoms with E-state index in [1.165, 1.54) is 33.2 Å². The molecule has 1 amide bonds. The molecule has 3 heterocycles. The average Bonchev–Trinajstić information content (AvgIpc) is 2.78. The molecule has 0 aliphatic carbocycles. The van der Waals surface area contributed by atoms with Crippen molar-refractivity contribution in [2.45, 2.75) is 32.0 Å². The number of hydrogen-bond acceptors (Lipinski definition) is 6. The Morgan fingerprint density at radius 2 is 1.97 bits per heavy atom. The number of alkyl halides is 1. The lowest BCUT2D eigenvalue weighted by molar-refractivity contribution is -0.185. The summed E-state index contributed by atoms with van der Waals surface area (Å²) in [6, 6.07) is 10.3. The summed E-state index contributed by atoms with van der Waals surface area (Å²) in [6.07, 6.45) is 3.08. The third-order valence-electron chi connectivity index (χ3n) is 5.71. The maximum atomic E-state index is 14.3. The average molecular weight is 451 g/mol. The molecular formula is C25H26FN3O4. The summed E-state index contributed by atoms with van der Waals surface area (Å²) >= 11 is 0. The van der Waals surface area contributed by atoms with Gasteiger partial charge < -0.3 is 19.9 Å². The van der Waals surface area contributed by atoms with Gasteiger partial charge in [-0.25, -0.2) is 9.37 Å². The van der Waals surface area contributed by atoms with Crippen molar-refractivity contribution in [3.05, 3.63) is 71.2 Å². The zero-order chi connectivity index (χ0) is 23.8. The van der Waals surface area contributed by atoms with Crippen LogP contribution in [0.4, 0.5) is 10.1 Å². The van der Waals surface area contributed by atoms with E-state index in [0.717, 1.165) is 16.7 Å². The van der Waals surface area contributed by atoms with Crippen molar-refractivity contribution in [2.24, 2.45) is 0 Å². The van der Waals surface area contributed by atoms with Gasteiger partial charge in [0.05, 0.1) is 25.9 Å². The summed E-state index contributed by atoms with van der Waals surface area (Å²) in [5.41, 5.74) is 1.44. The lowest BCUT2D eigenvalue weighted by Gasteiger charge is -2.37. The number of benzene rings is 1. The number of rotatable bonds is 6. The molecule has 7 nitrogen and oxygen atoms in total. The first kappa shape index (κ1) is 22.8. The number of ether oxygens (including phenoxy) is 2. The van der Waals surface area contributed by atoms with E-state index in [1.807, 2.05) is 25.1 Å². The van der Waals surface area contributed by atoms with E-state index >= 15 is 0 Å². The summed E-state index contributed by atoms with van der Waals surface area (Å²) in [5, 5.41) is 13.6. The molecule has 0 radical (unpaired) electrons. The second-order valence-electron chi connectivity index (χ2n) is 8.69. The fourth-order valence-corrected chi connectivity index (χ4v) is 3.68. The number of aryl methyl sites for hydroxylation is 1. The fourth-order valence-electron chi connectivity index (χ4n) is 3.68. The maximum absolute atomic E-state index is 14.3.